The van der Waals surface area contributed by atoms with E-state index in [2.05, 4.69) is 6.07 Å². The lowest BCUT2D eigenvalue weighted by Crippen LogP contribution is -1.72. The fourth-order valence-corrected chi connectivity index (χ4v) is 0.628. The van der Waals surface area contributed by atoms with E-state index in [4.69, 9.17) is 14.9 Å². The highest BCUT2D eigenvalue weighted by atomic mass is 16.2. The molecular formula is C9H7NO2. The monoisotopic (exact) mass is 161 g/mol. The summed E-state index contributed by atoms with van der Waals surface area (Å²) in [6.45, 7) is 2.00. The lowest BCUT2D eigenvalue weighted by molar-refractivity contribution is -0.191. The molecule has 60 valence electrons. The van der Waals surface area contributed by atoms with Crippen LogP contribution in [0.1, 0.15) is 11.1 Å². The molecule has 0 saturated carbocycles. The van der Waals surface area contributed by atoms with Crippen LogP contribution < -0.4 is 0 Å². The second-order valence-corrected chi connectivity index (χ2v) is 2.06. The molecule has 1 aromatic rings. The van der Waals surface area contributed by atoms with Gasteiger partial charge in [0.2, 0.25) is 0 Å². The highest BCUT2D eigenvalue weighted by Gasteiger charge is 1.84. The van der Waals surface area contributed by atoms with Crippen LogP contribution in [0, 0.1) is 18.3 Å². The van der Waals surface area contributed by atoms with Crippen LogP contribution in [-0.2, 0) is 9.59 Å². The van der Waals surface area contributed by atoms with E-state index in [0.717, 1.165) is 5.56 Å². The van der Waals surface area contributed by atoms with Crippen molar-refractivity contribution in [3.63, 3.8) is 0 Å². The molecule has 0 N–H and O–H groups in total. The van der Waals surface area contributed by atoms with Gasteiger partial charge in [-0.25, -0.2) is 0 Å². The molecule has 0 bridgehead atoms. The maximum Gasteiger partial charge on any atom is 0.373 e. The Balaban J connectivity index is 0.000000354. The van der Waals surface area contributed by atoms with Gasteiger partial charge >= 0.3 is 6.15 Å². The average molecular weight is 161 g/mol. The van der Waals surface area contributed by atoms with E-state index in [1.54, 1.807) is 0 Å². The highest BCUT2D eigenvalue weighted by molar-refractivity contribution is 5.30. The minimum Gasteiger partial charge on any atom is -0.192 e. The van der Waals surface area contributed by atoms with Gasteiger partial charge in [-0.15, -0.1) is 0 Å². The predicted octanol–water partition coefficient (Wildman–Crippen LogP) is 1.28. The molecule has 0 spiro atoms. The van der Waals surface area contributed by atoms with Crippen molar-refractivity contribution in [3.05, 3.63) is 35.4 Å². The van der Waals surface area contributed by atoms with Crippen molar-refractivity contribution >= 4 is 6.15 Å². The molecule has 1 rings (SSSR count). The van der Waals surface area contributed by atoms with Crippen molar-refractivity contribution in [2.75, 3.05) is 0 Å². The van der Waals surface area contributed by atoms with Crippen molar-refractivity contribution in [2.24, 2.45) is 0 Å². The zero-order chi connectivity index (χ0) is 9.40. The first-order chi connectivity index (χ1) is 5.74. The topological polar surface area (TPSA) is 57.9 Å². The molecular weight excluding hydrogens is 154 g/mol. The standard InChI is InChI=1S/C8H7N.CO2/c1-7-2-4-8(6-9)5-3-7;2-1-3/h2-5H,1H3;. The van der Waals surface area contributed by atoms with E-state index < -0.39 is 0 Å². The third-order valence-electron chi connectivity index (χ3n) is 1.18. The van der Waals surface area contributed by atoms with E-state index in [9.17, 15) is 0 Å². The Morgan fingerprint density at radius 2 is 1.58 bits per heavy atom. The van der Waals surface area contributed by atoms with E-state index in [1.807, 2.05) is 31.2 Å². The van der Waals surface area contributed by atoms with Crippen LogP contribution in [0.2, 0.25) is 0 Å². The molecule has 0 aromatic heterocycles. The maximum absolute atomic E-state index is 8.38. The van der Waals surface area contributed by atoms with E-state index >= 15 is 0 Å². The zero-order valence-electron chi connectivity index (χ0n) is 6.57. The first-order valence-electron chi connectivity index (χ1n) is 3.20. The molecule has 0 unspecified atom stereocenters. The fraction of sp³-hybridized carbons (Fsp3) is 0.111. The Labute approximate surface area is 70.2 Å². The normalized spacial score (nSPS) is 7.00. The number of benzene rings is 1. The molecule has 0 amide bonds. The minimum atomic E-state index is 0.250. The Hall–Kier alpha value is -1.91. The molecule has 0 radical (unpaired) electrons. The summed E-state index contributed by atoms with van der Waals surface area (Å²) < 4.78 is 0. The number of aryl methyl sites for hydroxylation is 1. The van der Waals surface area contributed by atoms with Crippen molar-refractivity contribution in [2.45, 2.75) is 6.92 Å². The van der Waals surface area contributed by atoms with Crippen LogP contribution in [0.5, 0.6) is 0 Å². The van der Waals surface area contributed by atoms with Crippen molar-refractivity contribution in [3.8, 4) is 6.07 Å². The minimum absolute atomic E-state index is 0.250. The summed E-state index contributed by atoms with van der Waals surface area (Å²) in [4.78, 5) is 16.2. The first-order valence-corrected chi connectivity index (χ1v) is 3.20. The van der Waals surface area contributed by atoms with E-state index in [-0.39, 0.29) is 6.15 Å². The zero-order valence-corrected chi connectivity index (χ0v) is 6.57. The van der Waals surface area contributed by atoms with Gasteiger partial charge in [-0.05, 0) is 19.1 Å². The molecule has 1 aromatic carbocycles. The van der Waals surface area contributed by atoms with Gasteiger partial charge in [-0.2, -0.15) is 14.9 Å². The lowest BCUT2D eigenvalue weighted by atomic mass is 10.2. The molecule has 0 aliphatic carbocycles. The van der Waals surface area contributed by atoms with Gasteiger partial charge in [0.1, 0.15) is 0 Å². The van der Waals surface area contributed by atoms with Gasteiger partial charge in [0.15, 0.2) is 0 Å². The van der Waals surface area contributed by atoms with Crippen LogP contribution in [0.4, 0.5) is 0 Å². The molecule has 3 nitrogen and oxygen atoms in total. The summed E-state index contributed by atoms with van der Waals surface area (Å²) in [5, 5.41) is 8.38. The Morgan fingerprint density at radius 1 is 1.17 bits per heavy atom. The molecule has 0 aliphatic rings. The average Bonchev–Trinajstić information content (AvgIpc) is 2.07. The summed E-state index contributed by atoms with van der Waals surface area (Å²) in [6.07, 6.45) is 0.250. The van der Waals surface area contributed by atoms with Crippen LogP contribution in [0.3, 0.4) is 0 Å². The molecule has 12 heavy (non-hydrogen) atoms. The largest absolute Gasteiger partial charge is 0.373 e. The van der Waals surface area contributed by atoms with Gasteiger partial charge in [-0.3, -0.25) is 0 Å². The summed E-state index contributed by atoms with van der Waals surface area (Å²) in [6, 6.07) is 9.54. The van der Waals surface area contributed by atoms with Gasteiger partial charge < -0.3 is 0 Å². The van der Waals surface area contributed by atoms with Gasteiger partial charge in [0, 0.05) is 0 Å². The van der Waals surface area contributed by atoms with Crippen molar-refractivity contribution in [1.29, 1.82) is 5.26 Å². The summed E-state index contributed by atoms with van der Waals surface area (Å²) in [5.74, 6) is 0. The van der Waals surface area contributed by atoms with Crippen LogP contribution in [0.25, 0.3) is 0 Å². The van der Waals surface area contributed by atoms with Crippen LogP contribution in [-0.4, -0.2) is 6.15 Å². The summed E-state index contributed by atoms with van der Waals surface area (Å²) in [5.41, 5.74) is 1.91. The van der Waals surface area contributed by atoms with Gasteiger partial charge in [-0.1, -0.05) is 17.7 Å². The van der Waals surface area contributed by atoms with Crippen molar-refractivity contribution < 1.29 is 9.59 Å². The van der Waals surface area contributed by atoms with E-state index in [1.165, 1.54) is 5.56 Å². The highest BCUT2D eigenvalue weighted by Crippen LogP contribution is 1.99. The third kappa shape index (κ3) is 3.99. The molecule has 3 heteroatoms. The maximum atomic E-state index is 8.38. The molecule has 0 heterocycles. The number of hydrogen-bond donors (Lipinski definition) is 0. The summed E-state index contributed by atoms with van der Waals surface area (Å²) in [7, 11) is 0. The third-order valence-corrected chi connectivity index (χ3v) is 1.18. The lowest BCUT2D eigenvalue weighted by Gasteiger charge is -1.88. The number of nitriles is 1. The smallest absolute Gasteiger partial charge is 0.192 e. The van der Waals surface area contributed by atoms with Gasteiger partial charge in [0.25, 0.3) is 0 Å². The first kappa shape index (κ1) is 10.1. The number of nitrogens with zero attached hydrogens (tertiary/aromatic N) is 1. The number of carbonyl (C=O) groups excluding carboxylic acids is 2. The number of rotatable bonds is 0. The second kappa shape index (κ2) is 5.84. The number of hydrogen-bond acceptors (Lipinski definition) is 3. The SMILES string of the molecule is Cc1ccc(C#N)cc1.O=C=O. The molecule has 0 atom stereocenters. The molecule has 0 aliphatic heterocycles. The second-order valence-electron chi connectivity index (χ2n) is 2.06. The molecule has 0 fully saturated rings. The molecule has 0 saturated heterocycles. The Kier molecular flexibility index (Phi) is 4.91. The Bertz CT molecular complexity index is 302. The fourth-order valence-electron chi connectivity index (χ4n) is 0.628. The van der Waals surface area contributed by atoms with Crippen LogP contribution >= 0.6 is 0 Å². The van der Waals surface area contributed by atoms with Crippen LogP contribution in [0.15, 0.2) is 24.3 Å². The quantitative estimate of drug-likeness (QED) is 0.576. The predicted molar refractivity (Wildman–Crippen MR) is 40.9 cm³/mol. The Morgan fingerprint density at radius 3 is 1.92 bits per heavy atom. The summed E-state index contributed by atoms with van der Waals surface area (Å²) >= 11 is 0. The van der Waals surface area contributed by atoms with Gasteiger partial charge in [0.05, 0.1) is 11.6 Å². The van der Waals surface area contributed by atoms with Crippen molar-refractivity contribution in [1.82, 2.24) is 0 Å². The van der Waals surface area contributed by atoms with E-state index in [0.29, 0.717) is 0 Å².